The fraction of sp³-hybridized carbons (Fsp3) is 0.179. The third kappa shape index (κ3) is 4.03. The first-order valence-electron chi connectivity index (χ1n) is 11.4. The lowest BCUT2D eigenvalue weighted by molar-refractivity contribution is 0.194. The summed E-state index contributed by atoms with van der Waals surface area (Å²) >= 11 is 6.31. The Bertz CT molecular complexity index is 1330. The van der Waals surface area contributed by atoms with Crippen LogP contribution in [0.25, 0.3) is 5.69 Å². The highest BCUT2D eigenvalue weighted by Crippen LogP contribution is 2.37. The number of aromatic nitrogens is 1. The lowest BCUT2D eigenvalue weighted by Crippen LogP contribution is -2.38. The number of anilines is 1. The first-order chi connectivity index (χ1) is 16.6. The second-order valence-electron chi connectivity index (χ2n) is 8.31. The van der Waals surface area contributed by atoms with Gasteiger partial charge in [0.2, 0.25) is 0 Å². The van der Waals surface area contributed by atoms with Crippen molar-refractivity contribution in [1.29, 1.82) is 0 Å². The van der Waals surface area contributed by atoms with Crippen LogP contribution in [-0.2, 0) is 6.54 Å². The molecular weight excluding hydrogens is 446 g/mol. The van der Waals surface area contributed by atoms with Crippen molar-refractivity contribution in [3.63, 3.8) is 0 Å². The van der Waals surface area contributed by atoms with Crippen LogP contribution >= 0.6 is 11.6 Å². The van der Waals surface area contributed by atoms with Gasteiger partial charge in [-0.05, 0) is 73.0 Å². The van der Waals surface area contributed by atoms with Gasteiger partial charge >= 0.3 is 6.03 Å². The summed E-state index contributed by atoms with van der Waals surface area (Å²) in [4.78, 5) is 15.7. The molecule has 1 aromatic heterocycles. The number of halogens is 1. The van der Waals surface area contributed by atoms with Gasteiger partial charge in [-0.2, -0.15) is 0 Å². The fourth-order valence-electron chi connectivity index (χ4n) is 4.53. The molecule has 34 heavy (non-hydrogen) atoms. The zero-order valence-corrected chi connectivity index (χ0v) is 19.9. The topological polar surface area (TPSA) is 46.5 Å². The number of urea groups is 1. The first-order valence-corrected chi connectivity index (χ1v) is 11.8. The molecule has 0 fully saturated rings. The standard InChI is InChI=1S/C28H26ClN3O2/c1-3-34-22-15-13-20(14-16-22)27-26-12-7-17-31(26)25-11-5-4-8-21(25)18-32(27)28(33)30-24-10-6-9-23(29)19(24)2/h4-17,27H,3,18H2,1-2H3,(H,30,33)/t27-/m1/s1. The van der Waals surface area contributed by atoms with Crippen molar-refractivity contribution in [2.45, 2.75) is 26.4 Å². The SMILES string of the molecule is CCOc1ccc([C@@H]2c3cccn3-c3ccccc3CN2C(=O)Nc2cccc(Cl)c2C)cc1. The number of para-hydroxylation sites is 1. The van der Waals surface area contributed by atoms with Crippen LogP contribution < -0.4 is 10.1 Å². The maximum atomic E-state index is 13.8. The first kappa shape index (κ1) is 22.1. The molecule has 1 aliphatic heterocycles. The summed E-state index contributed by atoms with van der Waals surface area (Å²) in [6.45, 7) is 4.94. The van der Waals surface area contributed by atoms with Gasteiger partial charge in [-0.25, -0.2) is 4.79 Å². The number of hydrogen-bond acceptors (Lipinski definition) is 2. The van der Waals surface area contributed by atoms with E-state index in [0.29, 0.717) is 23.9 Å². The molecule has 2 amide bonds. The molecule has 0 radical (unpaired) electrons. The molecule has 6 heteroatoms. The van der Waals surface area contributed by atoms with Crippen molar-refractivity contribution in [3.8, 4) is 11.4 Å². The predicted molar refractivity (Wildman–Crippen MR) is 136 cm³/mol. The van der Waals surface area contributed by atoms with Crippen LogP contribution in [0.5, 0.6) is 5.75 Å². The molecule has 172 valence electrons. The van der Waals surface area contributed by atoms with E-state index < -0.39 is 0 Å². The van der Waals surface area contributed by atoms with E-state index in [0.717, 1.165) is 33.8 Å². The molecular formula is C28H26ClN3O2. The highest BCUT2D eigenvalue weighted by molar-refractivity contribution is 6.31. The fourth-order valence-corrected chi connectivity index (χ4v) is 4.71. The Morgan fingerprint density at radius 3 is 2.62 bits per heavy atom. The van der Waals surface area contributed by atoms with Crippen molar-refractivity contribution in [1.82, 2.24) is 9.47 Å². The lowest BCUT2D eigenvalue weighted by Gasteiger charge is -2.31. The number of benzene rings is 3. The van der Waals surface area contributed by atoms with Gasteiger partial charge in [0.25, 0.3) is 0 Å². The van der Waals surface area contributed by atoms with E-state index in [-0.39, 0.29) is 12.1 Å². The smallest absolute Gasteiger partial charge is 0.322 e. The van der Waals surface area contributed by atoms with Crippen LogP contribution in [0, 0.1) is 6.92 Å². The third-order valence-corrected chi connectivity index (χ3v) is 6.65. The molecule has 1 N–H and O–H groups in total. The van der Waals surface area contributed by atoms with E-state index in [1.165, 1.54) is 0 Å². The van der Waals surface area contributed by atoms with Gasteiger partial charge in [0.05, 0.1) is 24.9 Å². The second-order valence-corrected chi connectivity index (χ2v) is 8.71. The largest absolute Gasteiger partial charge is 0.494 e. The van der Waals surface area contributed by atoms with Crippen molar-refractivity contribution in [3.05, 3.63) is 112 Å². The van der Waals surface area contributed by atoms with Gasteiger partial charge in [-0.3, -0.25) is 0 Å². The van der Waals surface area contributed by atoms with Gasteiger partial charge in [-0.1, -0.05) is 48.0 Å². The van der Waals surface area contributed by atoms with Gasteiger partial charge in [0, 0.05) is 22.6 Å². The van der Waals surface area contributed by atoms with Crippen LogP contribution in [0.1, 0.15) is 35.3 Å². The molecule has 4 aromatic rings. The number of nitrogens with one attached hydrogen (secondary N) is 1. The van der Waals surface area contributed by atoms with Crippen LogP contribution in [0.4, 0.5) is 10.5 Å². The Morgan fingerprint density at radius 1 is 1.03 bits per heavy atom. The van der Waals surface area contributed by atoms with Crippen LogP contribution in [0.2, 0.25) is 5.02 Å². The molecule has 0 unspecified atom stereocenters. The van der Waals surface area contributed by atoms with Crippen molar-refractivity contribution in [2.24, 2.45) is 0 Å². The highest BCUT2D eigenvalue weighted by atomic mass is 35.5. The number of amides is 2. The number of fused-ring (bicyclic) bond motifs is 3. The zero-order valence-electron chi connectivity index (χ0n) is 19.2. The molecule has 5 rings (SSSR count). The Kier molecular flexibility index (Phi) is 6.03. The quantitative estimate of drug-likeness (QED) is 0.349. The minimum absolute atomic E-state index is 0.186. The molecule has 0 saturated carbocycles. The Labute approximate surface area is 204 Å². The van der Waals surface area contributed by atoms with Gasteiger partial charge in [-0.15, -0.1) is 0 Å². The van der Waals surface area contributed by atoms with E-state index in [2.05, 4.69) is 34.3 Å². The van der Waals surface area contributed by atoms with Crippen molar-refractivity contribution >= 4 is 23.3 Å². The van der Waals surface area contributed by atoms with Crippen LogP contribution in [-0.4, -0.2) is 22.1 Å². The van der Waals surface area contributed by atoms with Crippen molar-refractivity contribution in [2.75, 3.05) is 11.9 Å². The minimum atomic E-state index is -0.294. The number of ether oxygens (including phenoxy) is 1. The molecule has 1 atom stereocenters. The minimum Gasteiger partial charge on any atom is -0.494 e. The van der Waals surface area contributed by atoms with E-state index in [1.807, 2.05) is 79.4 Å². The second kappa shape index (κ2) is 9.27. The summed E-state index contributed by atoms with van der Waals surface area (Å²) in [5.74, 6) is 0.809. The lowest BCUT2D eigenvalue weighted by atomic mass is 10.0. The Hall–Kier alpha value is -3.70. The van der Waals surface area contributed by atoms with Gasteiger partial charge < -0.3 is 19.5 Å². The van der Waals surface area contributed by atoms with E-state index in [9.17, 15) is 4.79 Å². The highest BCUT2D eigenvalue weighted by Gasteiger charge is 2.33. The number of carbonyl (C=O) groups excluding carboxylic acids is 1. The molecule has 0 saturated heterocycles. The van der Waals surface area contributed by atoms with Crippen molar-refractivity contribution < 1.29 is 9.53 Å². The maximum absolute atomic E-state index is 13.8. The number of hydrogen-bond donors (Lipinski definition) is 1. The molecule has 1 aliphatic rings. The van der Waals surface area contributed by atoms with Gasteiger partial charge in [0.15, 0.2) is 0 Å². The van der Waals surface area contributed by atoms with E-state index in [4.69, 9.17) is 16.3 Å². The maximum Gasteiger partial charge on any atom is 0.322 e. The Morgan fingerprint density at radius 2 is 1.82 bits per heavy atom. The van der Waals surface area contributed by atoms with Gasteiger partial charge in [0.1, 0.15) is 5.75 Å². The molecule has 3 aromatic carbocycles. The summed E-state index contributed by atoms with van der Waals surface area (Å²) in [6, 6.07) is 25.4. The summed E-state index contributed by atoms with van der Waals surface area (Å²) in [5, 5.41) is 3.72. The summed E-state index contributed by atoms with van der Waals surface area (Å²) < 4.78 is 7.82. The van der Waals surface area contributed by atoms with Crippen LogP contribution in [0.3, 0.4) is 0 Å². The Balaban J connectivity index is 1.61. The molecule has 0 aliphatic carbocycles. The third-order valence-electron chi connectivity index (χ3n) is 6.24. The average Bonchev–Trinajstić information content (AvgIpc) is 3.27. The number of rotatable bonds is 4. The number of carbonyl (C=O) groups is 1. The predicted octanol–water partition coefficient (Wildman–Crippen LogP) is 6.97. The number of nitrogens with zero attached hydrogens (tertiary/aromatic N) is 2. The molecule has 0 spiro atoms. The monoisotopic (exact) mass is 471 g/mol. The summed E-state index contributed by atoms with van der Waals surface area (Å²) in [6.07, 6.45) is 2.05. The average molecular weight is 472 g/mol. The zero-order chi connectivity index (χ0) is 23.7. The summed E-state index contributed by atoms with van der Waals surface area (Å²) in [5.41, 5.74) is 5.73. The molecule has 0 bridgehead atoms. The normalized spacial score (nSPS) is 14.7. The van der Waals surface area contributed by atoms with E-state index >= 15 is 0 Å². The molecule has 5 nitrogen and oxygen atoms in total. The molecule has 2 heterocycles. The van der Waals surface area contributed by atoms with E-state index in [1.54, 1.807) is 0 Å². The van der Waals surface area contributed by atoms with Crippen LogP contribution in [0.15, 0.2) is 85.1 Å². The summed E-state index contributed by atoms with van der Waals surface area (Å²) in [7, 11) is 0.